The minimum Gasteiger partial charge on any atom is -0.513 e. The summed E-state index contributed by atoms with van der Waals surface area (Å²) >= 11 is 0. The smallest absolute Gasteiger partial charge is 0.0894 e. The van der Waals surface area contributed by atoms with Crippen LogP contribution in [-0.4, -0.2) is 17.2 Å². The predicted octanol–water partition coefficient (Wildman–Crippen LogP) is 5.24. The summed E-state index contributed by atoms with van der Waals surface area (Å²) in [5, 5.41) is 9.97. The van der Waals surface area contributed by atoms with Gasteiger partial charge in [0.15, 0.2) is 0 Å². The van der Waals surface area contributed by atoms with Crippen molar-refractivity contribution < 1.29 is 5.11 Å². The fourth-order valence-electron chi connectivity index (χ4n) is 4.87. The Hall–Kier alpha value is -1.06. The van der Waals surface area contributed by atoms with Gasteiger partial charge >= 0.3 is 0 Å². The fourth-order valence-corrected chi connectivity index (χ4v) is 4.87. The summed E-state index contributed by atoms with van der Waals surface area (Å²) in [7, 11) is 0. The van der Waals surface area contributed by atoms with Gasteiger partial charge in [-0.25, -0.2) is 0 Å². The van der Waals surface area contributed by atoms with Gasteiger partial charge in [0, 0.05) is 18.0 Å². The number of aliphatic hydroxyl groups is 1. The van der Waals surface area contributed by atoms with Gasteiger partial charge in [0.2, 0.25) is 0 Å². The topological polar surface area (TPSA) is 72.3 Å². The molecule has 0 fully saturated rings. The van der Waals surface area contributed by atoms with Crippen LogP contribution in [0.4, 0.5) is 0 Å². The first-order valence-corrected chi connectivity index (χ1v) is 10.6. The summed E-state index contributed by atoms with van der Waals surface area (Å²) in [6.45, 7) is 8.46. The van der Waals surface area contributed by atoms with E-state index in [9.17, 15) is 5.11 Å². The van der Waals surface area contributed by atoms with Crippen LogP contribution in [0.25, 0.3) is 0 Å². The normalized spacial score (nSPS) is 37.2. The van der Waals surface area contributed by atoms with Crippen LogP contribution in [0.5, 0.6) is 0 Å². The lowest BCUT2D eigenvalue weighted by molar-refractivity contribution is 0.244. The van der Waals surface area contributed by atoms with Crippen LogP contribution in [0, 0.1) is 23.7 Å². The van der Waals surface area contributed by atoms with Crippen molar-refractivity contribution in [3.63, 3.8) is 0 Å². The highest BCUT2D eigenvalue weighted by Gasteiger charge is 2.33. The minimum atomic E-state index is 0.182. The Balaban J connectivity index is 2.38. The number of hydrogen-bond donors (Lipinski definition) is 3. The lowest BCUT2D eigenvalue weighted by Crippen LogP contribution is -2.39. The van der Waals surface area contributed by atoms with Gasteiger partial charge in [-0.2, -0.15) is 0 Å². The van der Waals surface area contributed by atoms with Crippen LogP contribution in [0.3, 0.4) is 0 Å². The van der Waals surface area contributed by atoms with E-state index in [2.05, 4.69) is 32.9 Å². The molecule has 6 atom stereocenters. The molecule has 0 saturated carbocycles. The van der Waals surface area contributed by atoms with Crippen molar-refractivity contribution in [2.24, 2.45) is 35.1 Å². The van der Waals surface area contributed by atoms with E-state index in [4.69, 9.17) is 11.5 Å². The molecule has 2 aliphatic carbocycles. The molecule has 0 radical (unpaired) electrons. The first-order chi connectivity index (χ1) is 12.3. The number of rotatable bonds is 5. The fraction of sp³-hybridized carbons (Fsp3) is 0.739. The minimum absolute atomic E-state index is 0.182. The molecule has 0 heterocycles. The number of nitrogens with two attached hydrogens (primary N) is 2. The molecule has 3 nitrogen and oxygen atoms in total. The molecular weight excluding hydrogens is 320 g/mol. The van der Waals surface area contributed by atoms with Crippen LogP contribution in [0.2, 0.25) is 0 Å². The predicted molar refractivity (Wildman–Crippen MR) is 112 cm³/mol. The van der Waals surface area contributed by atoms with Crippen molar-refractivity contribution in [1.82, 2.24) is 0 Å². The second-order valence-electron chi connectivity index (χ2n) is 8.89. The second-order valence-corrected chi connectivity index (χ2v) is 8.89. The third kappa shape index (κ3) is 5.72. The number of aliphatic hydroxyl groups excluding tert-OH is 1. The molecule has 148 valence electrons. The van der Waals surface area contributed by atoms with Crippen molar-refractivity contribution in [3.8, 4) is 0 Å². The molecule has 0 amide bonds. The number of hydrogen-bond acceptors (Lipinski definition) is 3. The molecule has 2 aliphatic rings. The standard InChI is InChI=1S/C23H40N2O/c1-15-12-23(25)21(11-10-16(2)24)18(4)20(13-17(3)26)14-22(15)19-8-6-5-7-9-19/h8,13-16,18,21-23,26H,5-7,9-12,24-25H2,1-4H3/b17-13+,20-14-/t15-,16?,18?,21+,22?,23-/m1/s1. The maximum absolute atomic E-state index is 9.97. The third-order valence-corrected chi connectivity index (χ3v) is 6.43. The average molecular weight is 361 g/mol. The van der Waals surface area contributed by atoms with Gasteiger partial charge in [-0.1, -0.05) is 31.6 Å². The summed E-state index contributed by atoms with van der Waals surface area (Å²) in [6.07, 6.45) is 15.0. The average Bonchev–Trinajstić information content (AvgIpc) is 2.57. The lowest BCUT2D eigenvalue weighted by atomic mass is 9.69. The van der Waals surface area contributed by atoms with Crippen molar-refractivity contribution in [2.75, 3.05) is 0 Å². The Morgan fingerprint density at radius 1 is 1.35 bits per heavy atom. The van der Waals surface area contributed by atoms with Gasteiger partial charge in [-0.15, -0.1) is 0 Å². The van der Waals surface area contributed by atoms with Crippen molar-refractivity contribution in [2.45, 2.75) is 84.7 Å². The lowest BCUT2D eigenvalue weighted by Gasteiger charge is -2.38. The largest absolute Gasteiger partial charge is 0.513 e. The second kappa shape index (κ2) is 9.75. The molecule has 0 aromatic heterocycles. The van der Waals surface area contributed by atoms with Gasteiger partial charge in [0.05, 0.1) is 5.76 Å². The van der Waals surface area contributed by atoms with Gasteiger partial charge in [-0.3, -0.25) is 0 Å². The van der Waals surface area contributed by atoms with E-state index in [1.807, 2.05) is 6.08 Å². The molecule has 0 saturated heterocycles. The molecule has 0 aromatic carbocycles. The Morgan fingerprint density at radius 3 is 2.65 bits per heavy atom. The van der Waals surface area contributed by atoms with Crippen LogP contribution in [-0.2, 0) is 0 Å². The quantitative estimate of drug-likeness (QED) is 0.464. The van der Waals surface area contributed by atoms with Gasteiger partial charge in [-0.05, 0) is 88.2 Å². The molecule has 0 aromatic rings. The molecule has 5 N–H and O–H groups in total. The maximum Gasteiger partial charge on any atom is 0.0894 e. The van der Waals surface area contributed by atoms with Gasteiger partial charge in [0.25, 0.3) is 0 Å². The van der Waals surface area contributed by atoms with E-state index in [0.717, 1.165) is 19.3 Å². The first kappa shape index (κ1) is 21.2. The highest BCUT2D eigenvalue weighted by Crippen LogP contribution is 2.40. The summed E-state index contributed by atoms with van der Waals surface area (Å²) in [5.74, 6) is 2.11. The Bertz CT molecular complexity index is 542. The van der Waals surface area contributed by atoms with Gasteiger partial charge in [0.1, 0.15) is 0 Å². The molecule has 26 heavy (non-hydrogen) atoms. The van der Waals surface area contributed by atoms with Gasteiger partial charge < -0.3 is 16.6 Å². The van der Waals surface area contributed by atoms with Crippen LogP contribution in [0.15, 0.2) is 35.1 Å². The number of allylic oxidation sites excluding steroid dienone is 6. The van der Waals surface area contributed by atoms with Crippen molar-refractivity contribution >= 4 is 0 Å². The summed E-state index contributed by atoms with van der Waals surface area (Å²) < 4.78 is 0. The highest BCUT2D eigenvalue weighted by molar-refractivity contribution is 5.30. The zero-order valence-corrected chi connectivity index (χ0v) is 17.2. The van der Waals surface area contributed by atoms with E-state index >= 15 is 0 Å². The maximum atomic E-state index is 9.97. The summed E-state index contributed by atoms with van der Waals surface area (Å²) in [5.41, 5.74) is 15.6. The summed E-state index contributed by atoms with van der Waals surface area (Å²) in [4.78, 5) is 0. The van der Waals surface area contributed by atoms with E-state index in [-0.39, 0.29) is 12.1 Å². The molecule has 0 spiro atoms. The first-order valence-electron chi connectivity index (χ1n) is 10.6. The van der Waals surface area contributed by atoms with Crippen molar-refractivity contribution in [3.05, 3.63) is 35.1 Å². The van der Waals surface area contributed by atoms with Crippen LogP contribution < -0.4 is 11.5 Å². The molecule has 3 unspecified atom stereocenters. The molecule has 0 aliphatic heterocycles. The Labute approximate surface area is 160 Å². The van der Waals surface area contributed by atoms with E-state index in [1.165, 1.54) is 31.3 Å². The highest BCUT2D eigenvalue weighted by atomic mass is 16.3. The van der Waals surface area contributed by atoms with E-state index < -0.39 is 0 Å². The molecule has 2 rings (SSSR count). The Kier molecular flexibility index (Phi) is 7.97. The van der Waals surface area contributed by atoms with Crippen LogP contribution in [0.1, 0.15) is 72.6 Å². The van der Waals surface area contributed by atoms with E-state index in [0.29, 0.717) is 29.4 Å². The van der Waals surface area contributed by atoms with Crippen molar-refractivity contribution in [1.29, 1.82) is 0 Å². The zero-order chi connectivity index (χ0) is 19.3. The zero-order valence-electron chi connectivity index (χ0n) is 17.2. The molecular formula is C23H40N2O. The third-order valence-electron chi connectivity index (χ3n) is 6.43. The molecule has 3 heteroatoms. The van der Waals surface area contributed by atoms with Crippen LogP contribution >= 0.6 is 0 Å². The van der Waals surface area contributed by atoms with E-state index in [1.54, 1.807) is 12.5 Å². The monoisotopic (exact) mass is 360 g/mol. The SMILES string of the molecule is C/C(O)=C\C1=C\C(C2=CCCCC2)[C@H](C)C[C@@H](N)[C@@H](CCC(C)N)C1C. The Morgan fingerprint density at radius 2 is 2.08 bits per heavy atom. The molecule has 0 bridgehead atoms. The summed E-state index contributed by atoms with van der Waals surface area (Å²) in [6, 6.07) is 0.390.